The van der Waals surface area contributed by atoms with Crippen LogP contribution in [0.4, 0.5) is 0 Å². The molecule has 19 heavy (non-hydrogen) atoms. The zero-order valence-corrected chi connectivity index (χ0v) is 12.5. The molecule has 0 aromatic rings. The first kappa shape index (κ1) is 14.8. The summed E-state index contributed by atoms with van der Waals surface area (Å²) in [6, 6.07) is 0.913. The first-order valence-electron chi connectivity index (χ1n) is 7.97. The molecule has 1 aliphatic heterocycles. The molecule has 4 heteroatoms. The number of nitrogens with zero attached hydrogens (tertiary/aromatic N) is 1. The third-order valence-electron chi connectivity index (χ3n) is 4.16. The van der Waals surface area contributed by atoms with Crippen LogP contribution in [-0.2, 0) is 4.79 Å². The largest absolute Gasteiger partial charge is 0.352 e. The molecule has 1 heterocycles. The SMILES string of the molecule is CCCN1CCCC(NC(C)C(=O)NC2CC2)CC1. The summed E-state index contributed by atoms with van der Waals surface area (Å²) in [5, 5.41) is 6.59. The summed E-state index contributed by atoms with van der Waals surface area (Å²) in [6.45, 7) is 7.83. The molecule has 2 atom stereocenters. The van der Waals surface area contributed by atoms with E-state index in [9.17, 15) is 4.79 Å². The predicted octanol–water partition coefficient (Wildman–Crippen LogP) is 1.51. The van der Waals surface area contributed by atoms with Crippen molar-refractivity contribution in [3.63, 3.8) is 0 Å². The van der Waals surface area contributed by atoms with Gasteiger partial charge in [-0.05, 0) is 65.1 Å². The van der Waals surface area contributed by atoms with E-state index in [4.69, 9.17) is 0 Å². The van der Waals surface area contributed by atoms with Crippen LogP contribution in [0.1, 0.15) is 52.4 Å². The Morgan fingerprint density at radius 3 is 2.68 bits per heavy atom. The van der Waals surface area contributed by atoms with E-state index in [1.165, 1.54) is 45.3 Å². The van der Waals surface area contributed by atoms with Crippen molar-refractivity contribution in [2.75, 3.05) is 19.6 Å². The summed E-state index contributed by atoms with van der Waals surface area (Å²) in [5.74, 6) is 0.178. The highest BCUT2D eigenvalue weighted by molar-refractivity contribution is 5.81. The van der Waals surface area contributed by atoms with Crippen molar-refractivity contribution in [2.24, 2.45) is 0 Å². The molecule has 1 amide bonds. The van der Waals surface area contributed by atoms with Crippen LogP contribution in [0, 0.1) is 0 Å². The van der Waals surface area contributed by atoms with Gasteiger partial charge >= 0.3 is 0 Å². The van der Waals surface area contributed by atoms with Gasteiger partial charge in [0, 0.05) is 12.1 Å². The summed E-state index contributed by atoms with van der Waals surface area (Å²) < 4.78 is 0. The van der Waals surface area contributed by atoms with Crippen molar-refractivity contribution in [3.05, 3.63) is 0 Å². The Bertz CT molecular complexity index is 291. The van der Waals surface area contributed by atoms with Gasteiger partial charge in [0.2, 0.25) is 5.91 Å². The Morgan fingerprint density at radius 2 is 2.00 bits per heavy atom. The van der Waals surface area contributed by atoms with Gasteiger partial charge in [0.15, 0.2) is 0 Å². The van der Waals surface area contributed by atoms with Crippen LogP contribution in [0.25, 0.3) is 0 Å². The fraction of sp³-hybridized carbons (Fsp3) is 0.933. The lowest BCUT2D eigenvalue weighted by atomic mass is 10.1. The van der Waals surface area contributed by atoms with Gasteiger partial charge in [-0.25, -0.2) is 0 Å². The number of carbonyl (C=O) groups excluding carboxylic acids is 1. The van der Waals surface area contributed by atoms with Crippen LogP contribution in [0.3, 0.4) is 0 Å². The minimum Gasteiger partial charge on any atom is -0.352 e. The molecule has 2 unspecified atom stereocenters. The molecular weight excluding hydrogens is 238 g/mol. The van der Waals surface area contributed by atoms with Gasteiger partial charge in [-0.3, -0.25) is 4.79 Å². The van der Waals surface area contributed by atoms with Gasteiger partial charge < -0.3 is 15.5 Å². The quantitative estimate of drug-likeness (QED) is 0.767. The summed E-state index contributed by atoms with van der Waals surface area (Å²) in [6.07, 6.45) is 7.16. The Kier molecular flexibility index (Phi) is 5.64. The topological polar surface area (TPSA) is 44.4 Å². The molecule has 4 nitrogen and oxygen atoms in total. The summed E-state index contributed by atoms with van der Waals surface area (Å²) in [5.41, 5.74) is 0. The third-order valence-corrected chi connectivity index (χ3v) is 4.16. The number of nitrogens with one attached hydrogen (secondary N) is 2. The van der Waals surface area contributed by atoms with Crippen molar-refractivity contribution < 1.29 is 4.79 Å². The summed E-state index contributed by atoms with van der Waals surface area (Å²) >= 11 is 0. The molecule has 2 N–H and O–H groups in total. The monoisotopic (exact) mass is 267 g/mol. The molecule has 0 aromatic heterocycles. The lowest BCUT2D eigenvalue weighted by Gasteiger charge is -2.22. The molecule has 0 spiro atoms. The Labute approximate surface area is 117 Å². The average Bonchev–Trinajstić information content (AvgIpc) is 3.19. The second kappa shape index (κ2) is 7.25. The molecule has 1 aliphatic carbocycles. The van der Waals surface area contributed by atoms with E-state index < -0.39 is 0 Å². The third kappa shape index (κ3) is 5.11. The highest BCUT2D eigenvalue weighted by Crippen LogP contribution is 2.19. The maximum Gasteiger partial charge on any atom is 0.237 e. The smallest absolute Gasteiger partial charge is 0.237 e. The zero-order valence-electron chi connectivity index (χ0n) is 12.5. The van der Waals surface area contributed by atoms with E-state index in [1.807, 2.05) is 6.92 Å². The van der Waals surface area contributed by atoms with Crippen molar-refractivity contribution in [1.29, 1.82) is 0 Å². The maximum absolute atomic E-state index is 11.9. The molecule has 2 fully saturated rings. The van der Waals surface area contributed by atoms with E-state index >= 15 is 0 Å². The van der Waals surface area contributed by atoms with Gasteiger partial charge in [0.1, 0.15) is 0 Å². The van der Waals surface area contributed by atoms with Gasteiger partial charge in [-0.2, -0.15) is 0 Å². The molecule has 1 saturated heterocycles. The standard InChI is InChI=1S/C15H29N3O/c1-3-9-18-10-4-5-13(8-11-18)16-12(2)15(19)17-14-6-7-14/h12-14,16H,3-11H2,1-2H3,(H,17,19). The average molecular weight is 267 g/mol. The van der Waals surface area contributed by atoms with Gasteiger partial charge in [-0.15, -0.1) is 0 Å². The van der Waals surface area contributed by atoms with E-state index in [0.717, 1.165) is 12.8 Å². The van der Waals surface area contributed by atoms with Crippen LogP contribution in [-0.4, -0.2) is 48.6 Å². The van der Waals surface area contributed by atoms with Crippen molar-refractivity contribution in [1.82, 2.24) is 15.5 Å². The van der Waals surface area contributed by atoms with Gasteiger partial charge in [0.25, 0.3) is 0 Å². The first-order chi connectivity index (χ1) is 9.19. The van der Waals surface area contributed by atoms with E-state index in [2.05, 4.69) is 22.5 Å². The number of carbonyl (C=O) groups is 1. The Balaban J connectivity index is 1.70. The molecular formula is C15H29N3O. The number of amides is 1. The molecule has 2 aliphatic rings. The normalized spacial score (nSPS) is 26.7. The van der Waals surface area contributed by atoms with Crippen LogP contribution < -0.4 is 10.6 Å². The lowest BCUT2D eigenvalue weighted by molar-refractivity contribution is -0.123. The molecule has 0 radical (unpaired) electrons. The van der Waals surface area contributed by atoms with Gasteiger partial charge in [-0.1, -0.05) is 6.92 Å². The molecule has 110 valence electrons. The van der Waals surface area contributed by atoms with E-state index in [0.29, 0.717) is 12.1 Å². The number of hydrogen-bond donors (Lipinski definition) is 2. The molecule has 0 aromatic carbocycles. The van der Waals surface area contributed by atoms with Crippen molar-refractivity contribution in [2.45, 2.75) is 70.5 Å². The second-order valence-electron chi connectivity index (χ2n) is 6.14. The fourth-order valence-corrected chi connectivity index (χ4v) is 2.85. The molecule has 1 saturated carbocycles. The highest BCUT2D eigenvalue weighted by atomic mass is 16.2. The minimum absolute atomic E-state index is 0.0525. The van der Waals surface area contributed by atoms with Crippen molar-refractivity contribution >= 4 is 5.91 Å². The fourth-order valence-electron chi connectivity index (χ4n) is 2.85. The molecule has 0 bridgehead atoms. The van der Waals surface area contributed by atoms with Crippen LogP contribution in [0.15, 0.2) is 0 Å². The zero-order chi connectivity index (χ0) is 13.7. The minimum atomic E-state index is -0.0525. The van der Waals surface area contributed by atoms with Crippen LogP contribution in [0.5, 0.6) is 0 Å². The molecule has 2 rings (SSSR count). The summed E-state index contributed by atoms with van der Waals surface area (Å²) in [7, 11) is 0. The van der Waals surface area contributed by atoms with E-state index in [-0.39, 0.29) is 11.9 Å². The second-order valence-corrected chi connectivity index (χ2v) is 6.14. The number of likely N-dealkylation sites (tertiary alicyclic amines) is 1. The van der Waals surface area contributed by atoms with E-state index in [1.54, 1.807) is 0 Å². The van der Waals surface area contributed by atoms with Gasteiger partial charge in [0.05, 0.1) is 6.04 Å². The maximum atomic E-state index is 11.9. The first-order valence-corrected chi connectivity index (χ1v) is 7.97. The van der Waals surface area contributed by atoms with Crippen molar-refractivity contribution in [3.8, 4) is 0 Å². The number of hydrogen-bond acceptors (Lipinski definition) is 3. The predicted molar refractivity (Wildman–Crippen MR) is 78.1 cm³/mol. The highest BCUT2D eigenvalue weighted by Gasteiger charge is 2.27. The van der Waals surface area contributed by atoms with Crippen LogP contribution >= 0.6 is 0 Å². The van der Waals surface area contributed by atoms with Crippen LogP contribution in [0.2, 0.25) is 0 Å². The number of rotatable bonds is 6. The Hall–Kier alpha value is -0.610. The Morgan fingerprint density at radius 1 is 1.21 bits per heavy atom. The summed E-state index contributed by atoms with van der Waals surface area (Å²) in [4.78, 5) is 14.5. The lowest BCUT2D eigenvalue weighted by Crippen LogP contribution is -2.47.